The van der Waals surface area contributed by atoms with Gasteiger partial charge in [0, 0.05) is 31.2 Å². The molecule has 3 aromatic heterocycles. The Kier molecular flexibility index (Phi) is 4.19. The molecule has 1 aliphatic carbocycles. The Morgan fingerprint density at radius 2 is 2.18 bits per heavy atom. The molecule has 0 bridgehead atoms. The summed E-state index contributed by atoms with van der Waals surface area (Å²) in [6.45, 7) is 2.28. The summed E-state index contributed by atoms with van der Waals surface area (Å²) in [6.07, 6.45) is 8.47. The van der Waals surface area contributed by atoms with Gasteiger partial charge in [0.2, 0.25) is 5.95 Å². The number of anilines is 1. The molecule has 2 atom stereocenters. The molecule has 7 nitrogen and oxygen atoms in total. The van der Waals surface area contributed by atoms with Crippen LogP contribution in [-0.4, -0.2) is 50.4 Å². The van der Waals surface area contributed by atoms with Gasteiger partial charge in [-0.25, -0.2) is 15.0 Å². The summed E-state index contributed by atoms with van der Waals surface area (Å²) in [5.41, 5.74) is 2.34. The summed E-state index contributed by atoms with van der Waals surface area (Å²) < 4.78 is 0. The van der Waals surface area contributed by atoms with Crippen LogP contribution in [0.4, 0.5) is 5.95 Å². The molecule has 2 fully saturated rings. The van der Waals surface area contributed by atoms with Crippen molar-refractivity contribution in [3.8, 4) is 0 Å². The highest BCUT2D eigenvalue weighted by Gasteiger charge is 2.50. The second kappa shape index (κ2) is 6.74. The Morgan fingerprint density at radius 3 is 3.04 bits per heavy atom. The summed E-state index contributed by atoms with van der Waals surface area (Å²) >= 11 is 5.86. The fourth-order valence-corrected chi connectivity index (χ4v) is 4.83. The molecule has 2 aliphatic rings. The number of halogens is 1. The highest BCUT2D eigenvalue weighted by atomic mass is 35.5. The lowest BCUT2D eigenvalue weighted by Gasteiger charge is -2.29. The Balaban J connectivity index is 1.32. The zero-order chi connectivity index (χ0) is 19.1. The minimum atomic E-state index is 0.0135. The van der Waals surface area contributed by atoms with E-state index in [-0.39, 0.29) is 11.3 Å². The van der Waals surface area contributed by atoms with E-state index >= 15 is 0 Å². The molecule has 0 spiro atoms. The van der Waals surface area contributed by atoms with Gasteiger partial charge in [-0.2, -0.15) is 0 Å². The number of fused-ring (bicyclic) bond motifs is 2. The number of nitrogens with zero attached hydrogens (tertiary/aromatic N) is 4. The van der Waals surface area contributed by atoms with Crippen LogP contribution in [-0.2, 0) is 0 Å². The monoisotopic (exact) mass is 396 g/mol. The number of carbonyl (C=O) groups is 1. The van der Waals surface area contributed by atoms with Gasteiger partial charge in [-0.3, -0.25) is 4.79 Å². The number of hydrogen-bond donors (Lipinski definition) is 2. The number of hydrogen-bond acceptors (Lipinski definition) is 5. The molecule has 3 aromatic rings. The van der Waals surface area contributed by atoms with Crippen molar-refractivity contribution >= 4 is 34.5 Å². The van der Waals surface area contributed by atoms with E-state index in [0.717, 1.165) is 43.5 Å². The van der Waals surface area contributed by atoms with Gasteiger partial charge in [0.15, 0.2) is 0 Å². The smallest absolute Gasteiger partial charge is 0.272 e. The number of aromatic nitrogens is 4. The number of rotatable bonds is 4. The average molecular weight is 397 g/mol. The maximum absolute atomic E-state index is 13.1. The molecule has 28 heavy (non-hydrogen) atoms. The van der Waals surface area contributed by atoms with Crippen molar-refractivity contribution in [2.75, 3.05) is 25.0 Å². The van der Waals surface area contributed by atoms with E-state index in [0.29, 0.717) is 22.6 Å². The zero-order valence-corrected chi connectivity index (χ0v) is 16.1. The predicted octanol–water partition coefficient (Wildman–Crippen LogP) is 3.36. The minimum absolute atomic E-state index is 0.0135. The van der Waals surface area contributed by atoms with Crippen molar-refractivity contribution < 1.29 is 4.79 Å². The van der Waals surface area contributed by atoms with Gasteiger partial charge >= 0.3 is 0 Å². The van der Waals surface area contributed by atoms with Gasteiger partial charge in [-0.1, -0.05) is 18.0 Å². The standard InChI is InChI=1S/C20H21ClN6O/c21-14-8-23-19(24-9-14)25-11-20-6-1-2-13(20)10-27(12-20)18(28)17-4-3-15-16(26-17)5-7-22-15/h3-5,7-9,13,22H,1-2,6,10-12H2,(H,23,24,25)/t13-,20-/m0/s1. The van der Waals surface area contributed by atoms with Crippen LogP contribution in [0.2, 0.25) is 5.02 Å². The van der Waals surface area contributed by atoms with Crippen LogP contribution in [0.1, 0.15) is 29.8 Å². The third-order valence-electron chi connectivity index (χ3n) is 6.17. The summed E-state index contributed by atoms with van der Waals surface area (Å²) in [5.74, 6) is 1.08. The van der Waals surface area contributed by atoms with Crippen molar-refractivity contribution in [2.24, 2.45) is 11.3 Å². The lowest BCUT2D eigenvalue weighted by atomic mass is 9.81. The zero-order valence-electron chi connectivity index (χ0n) is 15.4. The molecule has 0 aromatic carbocycles. The fourth-order valence-electron chi connectivity index (χ4n) is 4.73. The number of carbonyl (C=O) groups excluding carboxylic acids is 1. The van der Waals surface area contributed by atoms with Gasteiger partial charge in [0.1, 0.15) is 5.69 Å². The molecule has 5 rings (SSSR count). The van der Waals surface area contributed by atoms with Crippen LogP contribution in [0.25, 0.3) is 11.0 Å². The molecule has 1 aliphatic heterocycles. The van der Waals surface area contributed by atoms with Crippen molar-refractivity contribution in [1.29, 1.82) is 0 Å². The lowest BCUT2D eigenvalue weighted by molar-refractivity contribution is 0.0765. The van der Waals surface area contributed by atoms with E-state index < -0.39 is 0 Å². The molecule has 1 amide bonds. The summed E-state index contributed by atoms with van der Waals surface area (Å²) in [4.78, 5) is 31.2. The maximum Gasteiger partial charge on any atom is 0.272 e. The van der Waals surface area contributed by atoms with Crippen LogP contribution in [0.3, 0.4) is 0 Å². The molecule has 2 N–H and O–H groups in total. The first-order valence-electron chi connectivity index (χ1n) is 9.58. The van der Waals surface area contributed by atoms with Crippen LogP contribution >= 0.6 is 11.6 Å². The Labute approximate surface area is 167 Å². The highest BCUT2D eigenvalue weighted by Crippen LogP contribution is 2.48. The number of likely N-dealkylation sites (tertiary alicyclic amines) is 1. The first-order chi connectivity index (χ1) is 13.6. The molecule has 0 unspecified atom stereocenters. The van der Waals surface area contributed by atoms with Crippen molar-refractivity contribution in [3.05, 3.63) is 47.5 Å². The number of pyridine rings is 1. The minimum Gasteiger partial charge on any atom is -0.360 e. The molecular formula is C20H21ClN6O. The van der Waals surface area contributed by atoms with Crippen molar-refractivity contribution in [2.45, 2.75) is 19.3 Å². The molecule has 1 saturated carbocycles. The van der Waals surface area contributed by atoms with E-state index in [1.54, 1.807) is 12.4 Å². The summed E-state index contributed by atoms with van der Waals surface area (Å²) in [5, 5.41) is 3.88. The molecule has 0 radical (unpaired) electrons. The number of aromatic amines is 1. The molecule has 144 valence electrons. The van der Waals surface area contributed by atoms with Crippen LogP contribution in [0, 0.1) is 11.3 Å². The van der Waals surface area contributed by atoms with E-state index in [9.17, 15) is 4.79 Å². The van der Waals surface area contributed by atoms with Gasteiger partial charge < -0.3 is 15.2 Å². The molecular weight excluding hydrogens is 376 g/mol. The average Bonchev–Trinajstić information content (AvgIpc) is 3.40. The van der Waals surface area contributed by atoms with Crippen molar-refractivity contribution in [1.82, 2.24) is 24.8 Å². The molecule has 1 saturated heterocycles. The molecule has 4 heterocycles. The fraction of sp³-hybridized carbons (Fsp3) is 0.400. The lowest BCUT2D eigenvalue weighted by Crippen LogP contribution is -2.36. The Bertz CT molecular complexity index is 1020. The quantitative estimate of drug-likeness (QED) is 0.706. The highest BCUT2D eigenvalue weighted by molar-refractivity contribution is 6.30. The van der Waals surface area contributed by atoms with Gasteiger partial charge in [0.05, 0.1) is 28.4 Å². The van der Waals surface area contributed by atoms with Crippen LogP contribution < -0.4 is 5.32 Å². The first kappa shape index (κ1) is 17.4. The summed E-state index contributed by atoms with van der Waals surface area (Å²) in [7, 11) is 0. The van der Waals surface area contributed by atoms with E-state index in [2.05, 4.69) is 25.3 Å². The SMILES string of the molecule is O=C(c1ccc2[nH]ccc2n1)N1C[C@@H]2CCC[C@]2(CNc2ncc(Cl)cn2)C1. The second-order valence-electron chi connectivity index (χ2n) is 7.82. The van der Waals surface area contributed by atoms with Gasteiger partial charge in [0.25, 0.3) is 5.91 Å². The van der Waals surface area contributed by atoms with Crippen LogP contribution in [0.5, 0.6) is 0 Å². The normalized spacial score (nSPS) is 23.9. The Morgan fingerprint density at radius 1 is 1.32 bits per heavy atom. The number of amides is 1. The molecule has 8 heteroatoms. The van der Waals surface area contributed by atoms with E-state index in [4.69, 9.17) is 11.6 Å². The second-order valence-corrected chi connectivity index (χ2v) is 8.26. The van der Waals surface area contributed by atoms with Crippen LogP contribution in [0.15, 0.2) is 36.8 Å². The van der Waals surface area contributed by atoms with Crippen molar-refractivity contribution in [3.63, 3.8) is 0 Å². The van der Waals surface area contributed by atoms with E-state index in [1.807, 2.05) is 29.3 Å². The number of H-pyrrole nitrogens is 1. The first-order valence-corrected chi connectivity index (χ1v) is 9.96. The largest absolute Gasteiger partial charge is 0.360 e. The number of nitrogens with one attached hydrogen (secondary N) is 2. The third kappa shape index (κ3) is 2.99. The van der Waals surface area contributed by atoms with Gasteiger partial charge in [-0.05, 0) is 37.0 Å². The van der Waals surface area contributed by atoms with Gasteiger partial charge in [-0.15, -0.1) is 0 Å². The van der Waals surface area contributed by atoms with E-state index in [1.165, 1.54) is 6.42 Å². The maximum atomic E-state index is 13.1. The predicted molar refractivity (Wildman–Crippen MR) is 107 cm³/mol. The Hall–Kier alpha value is -2.67. The third-order valence-corrected chi connectivity index (χ3v) is 6.36. The summed E-state index contributed by atoms with van der Waals surface area (Å²) in [6, 6.07) is 5.62. The topological polar surface area (TPSA) is 86.8 Å².